The molecule has 35 heavy (non-hydrogen) atoms. The number of fused-ring (bicyclic) bond motifs is 1. The van der Waals surface area contributed by atoms with Crippen LogP contribution in [-0.4, -0.2) is 39.6 Å². The molecule has 2 aliphatic heterocycles. The highest BCUT2D eigenvalue weighted by Gasteiger charge is 2.36. The Morgan fingerprint density at radius 3 is 2.69 bits per heavy atom. The van der Waals surface area contributed by atoms with E-state index in [1.54, 1.807) is 30.3 Å². The number of anilines is 1. The zero-order chi connectivity index (χ0) is 24.7. The van der Waals surface area contributed by atoms with Gasteiger partial charge in [-0.05, 0) is 73.0 Å². The van der Waals surface area contributed by atoms with Crippen molar-refractivity contribution in [3.8, 4) is 0 Å². The van der Waals surface area contributed by atoms with Crippen molar-refractivity contribution in [1.82, 2.24) is 9.47 Å². The van der Waals surface area contributed by atoms with Crippen molar-refractivity contribution in [1.29, 1.82) is 0 Å². The topological polar surface area (TPSA) is 62.6 Å². The quantitative estimate of drug-likeness (QED) is 0.332. The number of amides is 3. The molecule has 0 aliphatic carbocycles. The van der Waals surface area contributed by atoms with Crippen LogP contribution >= 0.6 is 39.3 Å². The number of imide groups is 1. The second kappa shape index (κ2) is 9.84. The number of rotatable bonds is 4. The van der Waals surface area contributed by atoms with Crippen LogP contribution in [0.3, 0.4) is 0 Å². The Morgan fingerprint density at radius 1 is 1.17 bits per heavy atom. The maximum Gasteiger partial charge on any atom is 0.298 e. The highest BCUT2D eigenvalue weighted by atomic mass is 79.9. The van der Waals surface area contributed by atoms with Gasteiger partial charge in [0.1, 0.15) is 6.54 Å². The molecule has 9 heteroatoms. The van der Waals surface area contributed by atoms with E-state index in [1.807, 2.05) is 33.9 Å². The molecule has 180 valence electrons. The van der Waals surface area contributed by atoms with Crippen LogP contribution in [0.5, 0.6) is 0 Å². The van der Waals surface area contributed by atoms with Gasteiger partial charge in [0.2, 0.25) is 5.91 Å². The van der Waals surface area contributed by atoms with E-state index < -0.39 is 5.91 Å². The lowest BCUT2D eigenvalue weighted by Crippen LogP contribution is -2.39. The van der Waals surface area contributed by atoms with E-state index in [-0.39, 0.29) is 17.7 Å². The van der Waals surface area contributed by atoms with Gasteiger partial charge in [0, 0.05) is 45.2 Å². The molecule has 3 aromatic rings. The van der Waals surface area contributed by atoms with E-state index in [0.29, 0.717) is 21.5 Å². The first-order valence-corrected chi connectivity index (χ1v) is 13.4. The first kappa shape index (κ1) is 24.2. The number of thioether (sulfide) groups is 1. The van der Waals surface area contributed by atoms with E-state index in [2.05, 4.69) is 22.9 Å². The third kappa shape index (κ3) is 4.92. The standard InChI is InChI=1S/C26H23BrClN3O3S/c1-16-7-9-29(10-8-16)24(32)15-30-14-17(21-12-18(27)5-6-22(21)30)11-23-25(33)31(26(34)35-23)20-4-2-3-19(28)13-20/h2-6,11-14,16H,7-10,15H2,1H3/b23-11-. The number of halogens is 2. The Morgan fingerprint density at radius 2 is 1.94 bits per heavy atom. The smallest absolute Gasteiger partial charge is 0.298 e. The van der Waals surface area contributed by atoms with Crippen molar-refractivity contribution >= 4 is 79.0 Å². The third-order valence-corrected chi connectivity index (χ3v) is 8.06. The molecule has 3 amide bonds. The average Bonchev–Trinajstić information content (AvgIpc) is 3.29. The van der Waals surface area contributed by atoms with E-state index >= 15 is 0 Å². The first-order valence-electron chi connectivity index (χ1n) is 11.4. The van der Waals surface area contributed by atoms with Gasteiger partial charge in [-0.3, -0.25) is 14.4 Å². The number of carbonyl (C=O) groups excluding carboxylic acids is 3. The molecule has 0 unspecified atom stereocenters. The summed E-state index contributed by atoms with van der Waals surface area (Å²) in [4.78, 5) is 42.2. The van der Waals surface area contributed by atoms with Gasteiger partial charge < -0.3 is 9.47 Å². The Hall–Kier alpha value is -2.55. The minimum atomic E-state index is -0.392. The van der Waals surface area contributed by atoms with E-state index in [1.165, 1.54) is 0 Å². The lowest BCUT2D eigenvalue weighted by Gasteiger charge is -2.30. The number of carbonyl (C=O) groups is 3. The molecule has 0 radical (unpaired) electrons. The zero-order valence-electron chi connectivity index (χ0n) is 19.0. The van der Waals surface area contributed by atoms with Crippen LogP contribution in [0.25, 0.3) is 17.0 Å². The summed E-state index contributed by atoms with van der Waals surface area (Å²) in [6.07, 6.45) is 5.67. The molecular formula is C26H23BrClN3O3S. The fraction of sp³-hybridized carbons (Fsp3) is 0.269. The molecule has 2 fully saturated rings. The normalized spacial score (nSPS) is 18.3. The highest BCUT2D eigenvalue weighted by molar-refractivity contribution is 9.10. The van der Waals surface area contributed by atoms with Crippen molar-refractivity contribution < 1.29 is 14.4 Å². The largest absolute Gasteiger partial charge is 0.341 e. The maximum atomic E-state index is 13.1. The van der Waals surface area contributed by atoms with Crippen LogP contribution in [-0.2, 0) is 16.1 Å². The van der Waals surface area contributed by atoms with E-state index in [0.717, 1.165) is 63.5 Å². The maximum absolute atomic E-state index is 13.1. The molecule has 5 rings (SSSR count). The first-order chi connectivity index (χ1) is 16.8. The van der Waals surface area contributed by atoms with Crippen molar-refractivity contribution in [2.45, 2.75) is 26.3 Å². The molecule has 0 atom stereocenters. The van der Waals surface area contributed by atoms with Crippen molar-refractivity contribution in [2.75, 3.05) is 18.0 Å². The predicted octanol–water partition coefficient (Wildman–Crippen LogP) is 6.56. The van der Waals surface area contributed by atoms with Gasteiger partial charge in [-0.15, -0.1) is 0 Å². The minimum absolute atomic E-state index is 0.0875. The van der Waals surface area contributed by atoms with Crippen LogP contribution in [0, 0.1) is 5.92 Å². The van der Waals surface area contributed by atoms with Gasteiger partial charge >= 0.3 is 0 Å². The summed E-state index contributed by atoms with van der Waals surface area (Å²) in [5.41, 5.74) is 2.11. The van der Waals surface area contributed by atoms with Gasteiger partial charge in [0.15, 0.2) is 0 Å². The Labute approximate surface area is 221 Å². The Balaban J connectivity index is 1.46. The molecular weight excluding hydrogens is 550 g/mol. The van der Waals surface area contributed by atoms with Gasteiger partial charge in [-0.2, -0.15) is 0 Å². The molecule has 0 spiro atoms. The van der Waals surface area contributed by atoms with E-state index in [4.69, 9.17) is 11.6 Å². The minimum Gasteiger partial charge on any atom is -0.341 e. The predicted molar refractivity (Wildman–Crippen MR) is 145 cm³/mol. The molecule has 0 saturated carbocycles. The number of piperidine rings is 1. The molecule has 0 bridgehead atoms. The average molecular weight is 573 g/mol. The number of aromatic nitrogens is 1. The number of hydrogen-bond donors (Lipinski definition) is 0. The highest BCUT2D eigenvalue weighted by Crippen LogP contribution is 2.38. The molecule has 2 aromatic carbocycles. The van der Waals surface area contributed by atoms with Gasteiger partial charge in [-0.1, -0.05) is 40.5 Å². The molecule has 6 nitrogen and oxygen atoms in total. The summed E-state index contributed by atoms with van der Waals surface area (Å²) in [5, 5.41) is 0.975. The summed E-state index contributed by atoms with van der Waals surface area (Å²) < 4.78 is 2.82. The third-order valence-electron chi connectivity index (χ3n) is 6.46. The number of likely N-dealkylation sites (tertiary alicyclic amines) is 1. The molecule has 2 aliphatic rings. The summed E-state index contributed by atoms with van der Waals surface area (Å²) in [7, 11) is 0. The fourth-order valence-corrected chi connectivity index (χ4v) is 5.87. The SMILES string of the molecule is CC1CCN(C(=O)Cn2cc(/C=C3\SC(=O)N(c4cccc(Cl)c4)C3=O)c3cc(Br)ccc32)CC1. The van der Waals surface area contributed by atoms with Crippen LogP contribution in [0.2, 0.25) is 5.02 Å². The van der Waals surface area contributed by atoms with Crippen LogP contribution < -0.4 is 4.90 Å². The molecule has 1 aromatic heterocycles. The second-order valence-corrected chi connectivity index (χ2v) is 11.3. The summed E-state index contributed by atoms with van der Waals surface area (Å²) in [5.74, 6) is 0.346. The number of benzene rings is 2. The summed E-state index contributed by atoms with van der Waals surface area (Å²) >= 11 is 10.5. The van der Waals surface area contributed by atoms with Crippen LogP contribution in [0.15, 0.2) is 58.0 Å². The lowest BCUT2D eigenvalue weighted by molar-refractivity contribution is -0.133. The molecule has 3 heterocycles. The van der Waals surface area contributed by atoms with Gasteiger partial charge in [-0.25, -0.2) is 4.90 Å². The van der Waals surface area contributed by atoms with Crippen molar-refractivity contribution in [3.05, 3.63) is 68.6 Å². The van der Waals surface area contributed by atoms with Crippen LogP contribution in [0.1, 0.15) is 25.3 Å². The lowest BCUT2D eigenvalue weighted by atomic mass is 9.99. The van der Waals surface area contributed by atoms with Crippen LogP contribution in [0.4, 0.5) is 10.5 Å². The summed E-state index contributed by atoms with van der Waals surface area (Å²) in [6, 6.07) is 12.5. The molecule has 0 N–H and O–H groups in total. The van der Waals surface area contributed by atoms with Crippen molar-refractivity contribution in [3.63, 3.8) is 0 Å². The fourth-order valence-electron chi connectivity index (χ4n) is 4.49. The second-order valence-electron chi connectivity index (χ2n) is 8.93. The van der Waals surface area contributed by atoms with Crippen molar-refractivity contribution in [2.24, 2.45) is 5.92 Å². The van der Waals surface area contributed by atoms with Gasteiger partial charge in [0.05, 0.1) is 10.6 Å². The van der Waals surface area contributed by atoms with Gasteiger partial charge in [0.25, 0.3) is 11.1 Å². The molecule has 2 saturated heterocycles. The number of nitrogens with zero attached hydrogens (tertiary/aromatic N) is 3. The number of hydrogen-bond acceptors (Lipinski definition) is 4. The zero-order valence-corrected chi connectivity index (χ0v) is 22.2. The monoisotopic (exact) mass is 571 g/mol. The Bertz CT molecular complexity index is 1380. The summed E-state index contributed by atoms with van der Waals surface area (Å²) in [6.45, 7) is 4.02. The van der Waals surface area contributed by atoms with E-state index in [9.17, 15) is 14.4 Å². The Kier molecular flexibility index (Phi) is 6.79.